The summed E-state index contributed by atoms with van der Waals surface area (Å²) in [5.41, 5.74) is 4.83. The van der Waals surface area contributed by atoms with Crippen LogP contribution < -0.4 is 11.1 Å². The summed E-state index contributed by atoms with van der Waals surface area (Å²) in [6.07, 6.45) is -0.247. The molecule has 8 heteroatoms. The van der Waals surface area contributed by atoms with E-state index in [2.05, 4.69) is 5.32 Å². The number of carbonyl (C=O) groups is 3. The fourth-order valence-electron chi connectivity index (χ4n) is 0.779. The predicted molar refractivity (Wildman–Crippen MR) is 53.5 cm³/mol. The number of amides is 2. The zero-order valence-electron chi connectivity index (χ0n) is 7.57. The van der Waals surface area contributed by atoms with Gasteiger partial charge in [0.05, 0.1) is 0 Å². The van der Waals surface area contributed by atoms with E-state index < -0.39 is 28.7 Å². The van der Waals surface area contributed by atoms with Crippen LogP contribution in [0.25, 0.3) is 0 Å². The van der Waals surface area contributed by atoms with Crippen LogP contribution in [0.15, 0.2) is 0 Å². The molecule has 0 saturated carbocycles. The Bertz CT molecular complexity index is 270. The van der Waals surface area contributed by atoms with Crippen molar-refractivity contribution in [2.45, 2.75) is 23.7 Å². The maximum Gasteiger partial charge on any atom is 0.326 e. The molecule has 86 valence electrons. The third-order valence-corrected chi connectivity index (χ3v) is 1.89. The molecule has 0 heterocycles. The van der Waals surface area contributed by atoms with Crippen LogP contribution in [0.2, 0.25) is 0 Å². The smallest absolute Gasteiger partial charge is 0.326 e. The third kappa shape index (κ3) is 6.14. The van der Waals surface area contributed by atoms with Crippen LogP contribution in [0, 0.1) is 0 Å². The van der Waals surface area contributed by atoms with Gasteiger partial charge in [0, 0.05) is 6.42 Å². The molecule has 0 rings (SSSR count). The van der Waals surface area contributed by atoms with Crippen LogP contribution in [-0.2, 0) is 14.4 Å². The normalized spacial score (nSPS) is 12.2. The van der Waals surface area contributed by atoms with Crippen LogP contribution in [-0.4, -0.2) is 33.8 Å². The Balaban J connectivity index is 4.22. The van der Waals surface area contributed by atoms with Gasteiger partial charge in [0.25, 0.3) is 5.91 Å². The Kier molecular flexibility index (Phi) is 6.03. The monoisotopic (exact) mass is 256 g/mol. The first-order valence-corrected chi connectivity index (χ1v) is 4.81. The Morgan fingerprint density at radius 1 is 1.33 bits per heavy atom. The summed E-state index contributed by atoms with van der Waals surface area (Å²) in [5, 5.41) is 10.7. The summed E-state index contributed by atoms with van der Waals surface area (Å²) >= 11 is 10.4. The summed E-state index contributed by atoms with van der Waals surface area (Å²) in [5.74, 6) is -2.75. The highest BCUT2D eigenvalue weighted by molar-refractivity contribution is 6.53. The van der Waals surface area contributed by atoms with Gasteiger partial charge < -0.3 is 16.2 Å². The van der Waals surface area contributed by atoms with Crippen molar-refractivity contribution >= 4 is 41.0 Å². The SMILES string of the molecule is NC(=O)CC[C@H](NC(=O)C(Cl)Cl)C(=O)O. The minimum Gasteiger partial charge on any atom is -0.480 e. The van der Waals surface area contributed by atoms with Crippen molar-refractivity contribution in [3.63, 3.8) is 0 Å². The van der Waals surface area contributed by atoms with Crippen molar-refractivity contribution in [2.75, 3.05) is 0 Å². The second kappa shape index (κ2) is 6.47. The van der Waals surface area contributed by atoms with Gasteiger partial charge in [0.15, 0.2) is 4.84 Å². The third-order valence-electron chi connectivity index (χ3n) is 1.49. The van der Waals surface area contributed by atoms with Crippen molar-refractivity contribution in [1.29, 1.82) is 0 Å². The summed E-state index contributed by atoms with van der Waals surface area (Å²) in [7, 11) is 0. The van der Waals surface area contributed by atoms with E-state index in [1.54, 1.807) is 0 Å². The number of primary amides is 1. The Morgan fingerprint density at radius 3 is 2.20 bits per heavy atom. The molecule has 0 unspecified atom stereocenters. The molecule has 4 N–H and O–H groups in total. The number of nitrogens with two attached hydrogens (primary N) is 1. The molecule has 0 aliphatic carbocycles. The van der Waals surface area contributed by atoms with Crippen LogP contribution in [0.1, 0.15) is 12.8 Å². The molecule has 0 saturated heterocycles. The standard InChI is InChI=1S/C7H10Cl2N2O4/c8-5(9)6(13)11-3(7(14)15)1-2-4(10)12/h3,5H,1-2H2,(H2,10,12)(H,11,13)(H,14,15)/t3-/m0/s1. The molecule has 0 spiro atoms. The fraction of sp³-hybridized carbons (Fsp3) is 0.571. The molecule has 0 bridgehead atoms. The van der Waals surface area contributed by atoms with Crippen molar-refractivity contribution in [2.24, 2.45) is 5.73 Å². The second-order valence-corrected chi connectivity index (χ2v) is 3.80. The predicted octanol–water partition coefficient (Wildman–Crippen LogP) is -0.375. The van der Waals surface area contributed by atoms with E-state index in [1.165, 1.54) is 0 Å². The van der Waals surface area contributed by atoms with Gasteiger partial charge in [-0.15, -0.1) is 0 Å². The number of hydrogen-bond acceptors (Lipinski definition) is 3. The number of carboxylic acid groups (broad SMARTS) is 1. The lowest BCUT2D eigenvalue weighted by atomic mass is 10.1. The number of hydrogen-bond donors (Lipinski definition) is 3. The first-order chi connectivity index (χ1) is 6.84. The van der Waals surface area contributed by atoms with E-state index in [0.717, 1.165) is 0 Å². The number of halogens is 2. The molecule has 2 amide bonds. The van der Waals surface area contributed by atoms with Crippen LogP contribution in [0.5, 0.6) is 0 Å². The van der Waals surface area contributed by atoms with Crippen LogP contribution >= 0.6 is 23.2 Å². The van der Waals surface area contributed by atoms with E-state index in [-0.39, 0.29) is 12.8 Å². The Hall–Kier alpha value is -1.01. The molecule has 0 aromatic carbocycles. The minimum atomic E-state index is -1.35. The quantitative estimate of drug-likeness (QED) is 0.563. The number of carbonyl (C=O) groups excluding carboxylic acids is 2. The first kappa shape index (κ1) is 14.0. The average molecular weight is 257 g/mol. The van der Waals surface area contributed by atoms with Gasteiger partial charge in [-0.1, -0.05) is 23.2 Å². The van der Waals surface area contributed by atoms with Crippen molar-refractivity contribution in [1.82, 2.24) is 5.32 Å². The van der Waals surface area contributed by atoms with Gasteiger partial charge in [-0.3, -0.25) is 9.59 Å². The summed E-state index contributed by atoms with van der Waals surface area (Å²) < 4.78 is 0. The first-order valence-electron chi connectivity index (χ1n) is 3.94. The highest BCUT2D eigenvalue weighted by Gasteiger charge is 2.22. The molecule has 0 aromatic heterocycles. The van der Waals surface area contributed by atoms with E-state index in [0.29, 0.717) is 0 Å². The number of rotatable bonds is 6. The highest BCUT2D eigenvalue weighted by Crippen LogP contribution is 2.04. The molecule has 15 heavy (non-hydrogen) atoms. The van der Waals surface area contributed by atoms with E-state index in [4.69, 9.17) is 34.0 Å². The van der Waals surface area contributed by atoms with Gasteiger partial charge in [0.1, 0.15) is 6.04 Å². The van der Waals surface area contributed by atoms with E-state index >= 15 is 0 Å². The van der Waals surface area contributed by atoms with Crippen LogP contribution in [0.4, 0.5) is 0 Å². The fourth-order valence-corrected chi connectivity index (χ4v) is 0.905. The van der Waals surface area contributed by atoms with Crippen molar-refractivity contribution < 1.29 is 19.5 Å². The highest BCUT2D eigenvalue weighted by atomic mass is 35.5. The molecule has 0 aliphatic heterocycles. The van der Waals surface area contributed by atoms with Gasteiger partial charge in [-0.05, 0) is 6.42 Å². The average Bonchev–Trinajstić information content (AvgIpc) is 2.10. The van der Waals surface area contributed by atoms with E-state index in [9.17, 15) is 14.4 Å². The van der Waals surface area contributed by atoms with Gasteiger partial charge in [-0.2, -0.15) is 0 Å². The molecular weight excluding hydrogens is 247 g/mol. The lowest BCUT2D eigenvalue weighted by molar-refractivity contribution is -0.141. The largest absolute Gasteiger partial charge is 0.480 e. The van der Waals surface area contributed by atoms with Gasteiger partial charge >= 0.3 is 5.97 Å². The molecular formula is C7H10Cl2N2O4. The van der Waals surface area contributed by atoms with Crippen LogP contribution in [0.3, 0.4) is 0 Å². The Morgan fingerprint density at radius 2 is 1.87 bits per heavy atom. The summed E-state index contributed by atoms with van der Waals surface area (Å²) in [6.45, 7) is 0. The van der Waals surface area contributed by atoms with Gasteiger partial charge in [0.2, 0.25) is 5.91 Å². The number of aliphatic carboxylic acids is 1. The summed E-state index contributed by atoms with van der Waals surface area (Å²) in [6, 6.07) is -1.22. The van der Waals surface area contributed by atoms with Crippen molar-refractivity contribution in [3.05, 3.63) is 0 Å². The number of alkyl halides is 2. The van der Waals surface area contributed by atoms with Crippen molar-refractivity contribution in [3.8, 4) is 0 Å². The molecule has 0 aliphatic rings. The topological polar surface area (TPSA) is 109 Å². The molecule has 1 atom stereocenters. The maximum absolute atomic E-state index is 10.9. The molecule has 6 nitrogen and oxygen atoms in total. The zero-order valence-corrected chi connectivity index (χ0v) is 9.09. The lowest BCUT2D eigenvalue weighted by Gasteiger charge is -2.13. The zero-order chi connectivity index (χ0) is 12.0. The van der Waals surface area contributed by atoms with E-state index in [1.807, 2.05) is 0 Å². The van der Waals surface area contributed by atoms with Gasteiger partial charge in [-0.25, -0.2) is 4.79 Å². The second-order valence-electron chi connectivity index (χ2n) is 2.71. The maximum atomic E-state index is 10.9. The number of carboxylic acids is 1. The molecule has 0 radical (unpaired) electrons. The lowest BCUT2D eigenvalue weighted by Crippen LogP contribution is -2.43. The molecule has 0 fully saturated rings. The number of nitrogens with one attached hydrogen (secondary N) is 1. The molecule has 0 aromatic rings. The Labute approximate surface area is 95.7 Å². The minimum absolute atomic E-state index is 0.100. The summed E-state index contributed by atoms with van der Waals surface area (Å²) in [4.78, 5) is 30.6.